The van der Waals surface area contributed by atoms with Crippen LogP contribution in [0.1, 0.15) is 28.1 Å². The summed E-state index contributed by atoms with van der Waals surface area (Å²) in [7, 11) is -1.28. The van der Waals surface area contributed by atoms with Crippen molar-refractivity contribution in [2.45, 2.75) is 19.5 Å². The first-order chi connectivity index (χ1) is 12.4. The Kier molecular flexibility index (Phi) is 5.78. The summed E-state index contributed by atoms with van der Waals surface area (Å²) in [5.41, 5.74) is 1.70. The molecule has 0 unspecified atom stereocenters. The van der Waals surface area contributed by atoms with Crippen LogP contribution in [0.25, 0.3) is 0 Å². The van der Waals surface area contributed by atoms with Crippen LogP contribution in [0.3, 0.4) is 0 Å². The Morgan fingerprint density at radius 3 is 2.58 bits per heavy atom. The minimum absolute atomic E-state index is 0.111. The van der Waals surface area contributed by atoms with Crippen LogP contribution in [-0.2, 0) is 22.9 Å². The number of furan rings is 1. The summed E-state index contributed by atoms with van der Waals surface area (Å²) in [6.45, 7) is 2.00. The summed E-state index contributed by atoms with van der Waals surface area (Å²) in [5, 5.41) is 2.61. The van der Waals surface area contributed by atoms with Gasteiger partial charge in [0.15, 0.2) is 9.84 Å². The van der Waals surface area contributed by atoms with Crippen molar-refractivity contribution in [3.63, 3.8) is 0 Å². The number of amides is 1. The monoisotopic (exact) mass is 376 g/mol. The molecule has 1 aromatic heterocycles. The number of carbonyl (C=O) groups excluding carboxylic acids is 1. The third-order valence-electron chi connectivity index (χ3n) is 4.65. The molecule has 1 aliphatic rings. The van der Waals surface area contributed by atoms with Gasteiger partial charge in [-0.1, -0.05) is 12.1 Å². The van der Waals surface area contributed by atoms with Gasteiger partial charge in [0.25, 0.3) is 5.91 Å². The lowest BCUT2D eigenvalue weighted by Gasteiger charge is -2.24. The molecule has 1 N–H and O–H groups in total. The number of hydrogen-bond donors (Lipinski definition) is 1. The highest BCUT2D eigenvalue weighted by molar-refractivity contribution is 7.91. The minimum atomic E-state index is -2.89. The molecule has 1 amide bonds. The van der Waals surface area contributed by atoms with Crippen LogP contribution in [0, 0.1) is 5.92 Å². The van der Waals surface area contributed by atoms with Gasteiger partial charge in [0, 0.05) is 25.7 Å². The smallest absolute Gasteiger partial charge is 0.251 e. The molecule has 2 heterocycles. The van der Waals surface area contributed by atoms with Gasteiger partial charge in [0.05, 0.1) is 24.3 Å². The van der Waals surface area contributed by atoms with Gasteiger partial charge in [-0.2, -0.15) is 0 Å². The molecule has 26 heavy (non-hydrogen) atoms. The Hall–Kier alpha value is -2.12. The molecule has 6 nitrogen and oxygen atoms in total. The molecular weight excluding hydrogens is 352 g/mol. The van der Waals surface area contributed by atoms with Crippen LogP contribution < -0.4 is 5.32 Å². The predicted molar refractivity (Wildman–Crippen MR) is 99.4 cm³/mol. The Bertz CT molecular complexity index is 829. The molecule has 0 spiro atoms. The highest BCUT2D eigenvalue weighted by atomic mass is 32.2. The zero-order valence-electron chi connectivity index (χ0n) is 14.8. The SMILES string of the molecule is CNC(=O)c1ccc(CN(Cc2ccco2)C[C@@H]2CCS(=O)(=O)C2)cc1. The maximum absolute atomic E-state index is 11.8. The Labute approximate surface area is 154 Å². The third-order valence-corrected chi connectivity index (χ3v) is 6.49. The topological polar surface area (TPSA) is 79.6 Å². The van der Waals surface area contributed by atoms with Gasteiger partial charge in [0.1, 0.15) is 5.76 Å². The Morgan fingerprint density at radius 2 is 2.00 bits per heavy atom. The molecule has 0 bridgehead atoms. The Balaban J connectivity index is 1.69. The van der Waals surface area contributed by atoms with Crippen LogP contribution >= 0.6 is 0 Å². The van der Waals surface area contributed by atoms with Crippen LogP contribution in [0.2, 0.25) is 0 Å². The highest BCUT2D eigenvalue weighted by Crippen LogP contribution is 2.22. The van der Waals surface area contributed by atoms with E-state index in [1.165, 1.54) is 0 Å². The average Bonchev–Trinajstić information content (AvgIpc) is 3.24. The number of nitrogens with one attached hydrogen (secondary N) is 1. The number of hydrogen-bond acceptors (Lipinski definition) is 5. The molecule has 1 aliphatic heterocycles. The van der Waals surface area contributed by atoms with E-state index in [0.29, 0.717) is 31.6 Å². The van der Waals surface area contributed by atoms with Gasteiger partial charge in [-0.15, -0.1) is 0 Å². The molecule has 1 saturated heterocycles. The number of rotatable bonds is 7. The first-order valence-corrected chi connectivity index (χ1v) is 10.5. The lowest BCUT2D eigenvalue weighted by molar-refractivity contribution is 0.0963. The van der Waals surface area contributed by atoms with Crippen molar-refractivity contribution in [3.8, 4) is 0 Å². The van der Waals surface area contributed by atoms with E-state index in [2.05, 4.69) is 10.2 Å². The highest BCUT2D eigenvalue weighted by Gasteiger charge is 2.29. The van der Waals surface area contributed by atoms with E-state index in [4.69, 9.17) is 4.42 Å². The molecule has 2 aromatic rings. The van der Waals surface area contributed by atoms with Crippen molar-refractivity contribution in [2.24, 2.45) is 5.92 Å². The van der Waals surface area contributed by atoms with Crippen molar-refractivity contribution >= 4 is 15.7 Å². The minimum Gasteiger partial charge on any atom is -0.468 e. The normalized spacial score (nSPS) is 18.9. The van der Waals surface area contributed by atoms with E-state index in [-0.39, 0.29) is 23.3 Å². The molecule has 3 rings (SSSR count). The molecule has 140 valence electrons. The third kappa shape index (κ3) is 4.95. The molecule has 1 atom stereocenters. The summed E-state index contributed by atoms with van der Waals surface area (Å²) in [5.74, 6) is 1.44. The lowest BCUT2D eigenvalue weighted by atomic mass is 10.1. The first kappa shape index (κ1) is 18.7. The molecule has 0 aliphatic carbocycles. The fourth-order valence-corrected chi connectivity index (χ4v) is 5.20. The second-order valence-corrected chi connectivity index (χ2v) is 9.02. The fraction of sp³-hybridized carbons (Fsp3) is 0.421. The van der Waals surface area contributed by atoms with E-state index in [9.17, 15) is 13.2 Å². The Morgan fingerprint density at radius 1 is 1.23 bits per heavy atom. The quantitative estimate of drug-likeness (QED) is 0.800. The largest absolute Gasteiger partial charge is 0.468 e. The maximum atomic E-state index is 11.8. The van der Waals surface area contributed by atoms with Crippen molar-refractivity contribution in [1.29, 1.82) is 0 Å². The van der Waals surface area contributed by atoms with E-state index >= 15 is 0 Å². The van der Waals surface area contributed by atoms with Gasteiger partial charge in [-0.05, 0) is 42.2 Å². The van der Waals surface area contributed by atoms with Crippen molar-refractivity contribution in [2.75, 3.05) is 25.1 Å². The van der Waals surface area contributed by atoms with Crippen LogP contribution in [0.4, 0.5) is 0 Å². The molecule has 0 radical (unpaired) electrons. The first-order valence-electron chi connectivity index (χ1n) is 8.71. The number of nitrogens with zero attached hydrogens (tertiary/aromatic N) is 1. The van der Waals surface area contributed by atoms with Crippen LogP contribution in [-0.4, -0.2) is 44.3 Å². The van der Waals surface area contributed by atoms with Crippen LogP contribution in [0.15, 0.2) is 47.1 Å². The second kappa shape index (κ2) is 8.05. The van der Waals surface area contributed by atoms with Gasteiger partial charge in [-0.25, -0.2) is 8.42 Å². The van der Waals surface area contributed by atoms with E-state index in [0.717, 1.165) is 11.3 Å². The zero-order chi connectivity index (χ0) is 18.6. The summed E-state index contributed by atoms with van der Waals surface area (Å²) >= 11 is 0. The van der Waals surface area contributed by atoms with E-state index < -0.39 is 9.84 Å². The zero-order valence-corrected chi connectivity index (χ0v) is 15.7. The number of carbonyl (C=O) groups is 1. The van der Waals surface area contributed by atoms with E-state index in [1.54, 1.807) is 25.4 Å². The van der Waals surface area contributed by atoms with E-state index in [1.807, 2.05) is 24.3 Å². The predicted octanol–water partition coefficient (Wildman–Crippen LogP) is 2.08. The summed E-state index contributed by atoms with van der Waals surface area (Å²) < 4.78 is 29.0. The molecule has 0 saturated carbocycles. The molecular formula is C19H24N2O4S. The van der Waals surface area contributed by atoms with Gasteiger partial charge in [0.2, 0.25) is 0 Å². The van der Waals surface area contributed by atoms with Gasteiger partial charge < -0.3 is 9.73 Å². The van der Waals surface area contributed by atoms with Crippen molar-refractivity contribution < 1.29 is 17.6 Å². The summed E-state index contributed by atoms with van der Waals surface area (Å²) in [6, 6.07) is 11.3. The van der Waals surface area contributed by atoms with Gasteiger partial charge >= 0.3 is 0 Å². The second-order valence-electron chi connectivity index (χ2n) is 6.79. The van der Waals surface area contributed by atoms with Crippen molar-refractivity contribution in [1.82, 2.24) is 10.2 Å². The fourth-order valence-electron chi connectivity index (χ4n) is 3.35. The lowest BCUT2D eigenvalue weighted by Crippen LogP contribution is -2.29. The summed E-state index contributed by atoms with van der Waals surface area (Å²) in [6.07, 6.45) is 2.36. The molecule has 1 fully saturated rings. The van der Waals surface area contributed by atoms with Gasteiger partial charge in [-0.3, -0.25) is 9.69 Å². The molecule has 1 aromatic carbocycles. The summed E-state index contributed by atoms with van der Waals surface area (Å²) in [4.78, 5) is 13.9. The number of sulfone groups is 1. The maximum Gasteiger partial charge on any atom is 0.251 e. The molecule has 7 heteroatoms. The average molecular weight is 376 g/mol. The number of benzene rings is 1. The standard InChI is InChI=1S/C19H24N2O4S/c1-20-19(22)17-6-4-15(5-7-17)11-21(13-18-3-2-9-25-18)12-16-8-10-26(23,24)14-16/h2-7,9,16H,8,10-14H2,1H3,(H,20,22)/t16-/m0/s1. The van der Waals surface area contributed by atoms with Crippen LogP contribution in [0.5, 0.6) is 0 Å². The van der Waals surface area contributed by atoms with Crippen molar-refractivity contribution in [3.05, 3.63) is 59.5 Å².